The van der Waals surface area contributed by atoms with Crippen molar-refractivity contribution in [3.05, 3.63) is 0 Å². The minimum Gasteiger partial charge on any atom is -0.385 e. The maximum Gasteiger partial charge on any atom is 0.223 e. The molecule has 0 heterocycles. The van der Waals surface area contributed by atoms with Crippen LogP contribution in [-0.4, -0.2) is 38.1 Å². The lowest BCUT2D eigenvalue weighted by Crippen LogP contribution is -2.40. The van der Waals surface area contributed by atoms with Crippen LogP contribution in [0, 0.1) is 11.8 Å². The van der Waals surface area contributed by atoms with Crippen molar-refractivity contribution < 1.29 is 14.3 Å². The molecule has 0 saturated heterocycles. The van der Waals surface area contributed by atoms with Gasteiger partial charge in [0.15, 0.2) is 0 Å². The Kier molecular flexibility index (Phi) is 7.16. The molecule has 0 spiro atoms. The highest BCUT2D eigenvalue weighted by Crippen LogP contribution is 2.29. The van der Waals surface area contributed by atoms with Gasteiger partial charge in [-0.05, 0) is 44.9 Å². The van der Waals surface area contributed by atoms with Crippen molar-refractivity contribution in [2.75, 3.05) is 20.3 Å². The van der Waals surface area contributed by atoms with Crippen molar-refractivity contribution in [1.29, 1.82) is 0 Å². The molecular weight excluding hydrogens is 280 g/mol. The molecule has 2 N–H and O–H groups in total. The molecule has 0 aromatic carbocycles. The molecule has 0 aliphatic heterocycles. The molecule has 2 amide bonds. The first-order valence-corrected chi connectivity index (χ1v) is 8.77. The Bertz CT molecular complexity index is 359. The van der Waals surface area contributed by atoms with Crippen LogP contribution in [0.3, 0.4) is 0 Å². The molecule has 2 rings (SSSR count). The predicted octanol–water partition coefficient (Wildman–Crippen LogP) is 2.00. The van der Waals surface area contributed by atoms with E-state index in [0.29, 0.717) is 19.2 Å². The topological polar surface area (TPSA) is 67.4 Å². The molecule has 0 unspecified atom stereocenters. The summed E-state index contributed by atoms with van der Waals surface area (Å²) < 4.78 is 4.97. The minimum absolute atomic E-state index is 0.0816. The molecular formula is C17H30N2O3. The van der Waals surface area contributed by atoms with E-state index in [9.17, 15) is 9.59 Å². The first-order chi connectivity index (χ1) is 10.7. The third-order valence-corrected chi connectivity index (χ3v) is 4.99. The summed E-state index contributed by atoms with van der Waals surface area (Å²) in [6.45, 7) is 1.35. The summed E-state index contributed by atoms with van der Waals surface area (Å²) in [5.74, 6) is 0.549. The van der Waals surface area contributed by atoms with E-state index < -0.39 is 0 Å². The van der Waals surface area contributed by atoms with Crippen molar-refractivity contribution in [2.45, 2.75) is 63.8 Å². The zero-order valence-electron chi connectivity index (χ0n) is 13.7. The third-order valence-electron chi connectivity index (χ3n) is 4.99. The minimum atomic E-state index is 0.0816. The van der Waals surface area contributed by atoms with E-state index in [2.05, 4.69) is 10.6 Å². The van der Waals surface area contributed by atoms with Crippen LogP contribution in [0.4, 0.5) is 0 Å². The van der Waals surface area contributed by atoms with E-state index in [1.807, 2.05) is 0 Å². The number of amides is 2. The van der Waals surface area contributed by atoms with E-state index in [1.165, 1.54) is 12.8 Å². The number of methoxy groups -OCH3 is 1. The smallest absolute Gasteiger partial charge is 0.223 e. The quantitative estimate of drug-likeness (QED) is 0.707. The lowest BCUT2D eigenvalue weighted by Gasteiger charge is -2.28. The summed E-state index contributed by atoms with van der Waals surface area (Å²) >= 11 is 0. The number of hydrogen-bond acceptors (Lipinski definition) is 3. The van der Waals surface area contributed by atoms with Crippen LogP contribution in [-0.2, 0) is 14.3 Å². The molecule has 2 aliphatic carbocycles. The van der Waals surface area contributed by atoms with Gasteiger partial charge in [0.2, 0.25) is 11.8 Å². The van der Waals surface area contributed by atoms with Crippen molar-refractivity contribution in [3.63, 3.8) is 0 Å². The lowest BCUT2D eigenvalue weighted by molar-refractivity contribution is -0.130. The highest BCUT2D eigenvalue weighted by molar-refractivity contribution is 5.81. The number of hydrogen-bond donors (Lipinski definition) is 2. The Morgan fingerprint density at radius 2 is 1.55 bits per heavy atom. The molecule has 2 aliphatic rings. The number of carbonyl (C=O) groups excluding carboxylic acids is 2. The molecule has 0 atom stereocenters. The predicted molar refractivity (Wildman–Crippen MR) is 85.3 cm³/mol. The molecule has 0 bridgehead atoms. The SMILES string of the molecule is COCCCNC(=O)C1CCC(C(=O)NC2CCCC2)CC1. The van der Waals surface area contributed by atoms with Crippen LogP contribution >= 0.6 is 0 Å². The Balaban J connectivity index is 1.64. The van der Waals surface area contributed by atoms with Crippen LogP contribution in [0.15, 0.2) is 0 Å². The van der Waals surface area contributed by atoms with Gasteiger partial charge in [-0.25, -0.2) is 0 Å². The van der Waals surface area contributed by atoms with Gasteiger partial charge in [-0.15, -0.1) is 0 Å². The number of nitrogens with one attached hydrogen (secondary N) is 2. The summed E-state index contributed by atoms with van der Waals surface area (Å²) in [5, 5.41) is 6.16. The highest BCUT2D eigenvalue weighted by atomic mass is 16.5. The Morgan fingerprint density at radius 3 is 2.14 bits per heavy atom. The van der Waals surface area contributed by atoms with E-state index in [0.717, 1.165) is 44.9 Å². The van der Waals surface area contributed by atoms with Gasteiger partial charge in [-0.2, -0.15) is 0 Å². The second-order valence-corrected chi connectivity index (χ2v) is 6.68. The van der Waals surface area contributed by atoms with Gasteiger partial charge in [0.05, 0.1) is 0 Å². The average Bonchev–Trinajstić information content (AvgIpc) is 3.04. The molecule has 2 fully saturated rings. The third kappa shape index (κ3) is 5.27. The van der Waals surface area contributed by atoms with Gasteiger partial charge in [-0.3, -0.25) is 9.59 Å². The van der Waals surface area contributed by atoms with Gasteiger partial charge in [0.1, 0.15) is 0 Å². The average molecular weight is 310 g/mol. The van der Waals surface area contributed by atoms with E-state index >= 15 is 0 Å². The van der Waals surface area contributed by atoms with Crippen LogP contribution in [0.5, 0.6) is 0 Å². The molecule has 5 heteroatoms. The van der Waals surface area contributed by atoms with Crippen LogP contribution in [0.1, 0.15) is 57.8 Å². The fourth-order valence-electron chi connectivity index (χ4n) is 3.58. The van der Waals surface area contributed by atoms with Crippen molar-refractivity contribution in [3.8, 4) is 0 Å². The van der Waals surface area contributed by atoms with E-state index in [1.54, 1.807) is 7.11 Å². The Morgan fingerprint density at radius 1 is 0.955 bits per heavy atom. The van der Waals surface area contributed by atoms with Crippen molar-refractivity contribution >= 4 is 11.8 Å². The summed E-state index contributed by atoms with van der Waals surface area (Å²) in [7, 11) is 1.67. The second kappa shape index (κ2) is 9.13. The largest absolute Gasteiger partial charge is 0.385 e. The van der Waals surface area contributed by atoms with Crippen molar-refractivity contribution in [2.24, 2.45) is 11.8 Å². The normalized spacial score (nSPS) is 25.9. The lowest BCUT2D eigenvalue weighted by atomic mass is 9.81. The Hall–Kier alpha value is -1.10. The first kappa shape index (κ1) is 17.3. The number of rotatable bonds is 7. The Labute approximate surface area is 133 Å². The second-order valence-electron chi connectivity index (χ2n) is 6.68. The highest BCUT2D eigenvalue weighted by Gasteiger charge is 2.30. The number of ether oxygens (including phenoxy) is 1. The first-order valence-electron chi connectivity index (χ1n) is 8.77. The van der Waals surface area contributed by atoms with Gasteiger partial charge in [-0.1, -0.05) is 12.8 Å². The standard InChI is InChI=1S/C17H30N2O3/c1-22-12-4-11-18-16(20)13-7-9-14(10-8-13)17(21)19-15-5-2-3-6-15/h13-15H,2-12H2,1H3,(H,18,20)(H,19,21). The zero-order valence-corrected chi connectivity index (χ0v) is 13.7. The molecule has 22 heavy (non-hydrogen) atoms. The monoisotopic (exact) mass is 310 g/mol. The van der Waals surface area contributed by atoms with Crippen LogP contribution in [0.25, 0.3) is 0 Å². The fourth-order valence-corrected chi connectivity index (χ4v) is 3.58. The molecule has 126 valence electrons. The molecule has 2 saturated carbocycles. The van der Waals surface area contributed by atoms with Crippen molar-refractivity contribution in [1.82, 2.24) is 10.6 Å². The van der Waals surface area contributed by atoms with Gasteiger partial charge in [0.25, 0.3) is 0 Å². The van der Waals surface area contributed by atoms with Crippen LogP contribution < -0.4 is 10.6 Å². The van der Waals surface area contributed by atoms with Gasteiger partial charge < -0.3 is 15.4 Å². The maximum absolute atomic E-state index is 12.2. The van der Waals surface area contributed by atoms with Gasteiger partial charge in [0, 0.05) is 38.1 Å². The van der Waals surface area contributed by atoms with Gasteiger partial charge >= 0.3 is 0 Å². The van der Waals surface area contributed by atoms with E-state index in [4.69, 9.17) is 4.74 Å². The fraction of sp³-hybridized carbons (Fsp3) is 0.882. The zero-order chi connectivity index (χ0) is 15.8. The summed E-state index contributed by atoms with van der Waals surface area (Å²) in [6, 6.07) is 0.398. The summed E-state index contributed by atoms with van der Waals surface area (Å²) in [6.07, 6.45) is 8.93. The molecule has 0 aromatic rings. The summed E-state index contributed by atoms with van der Waals surface area (Å²) in [5.41, 5.74) is 0. The molecule has 0 radical (unpaired) electrons. The van der Waals surface area contributed by atoms with E-state index in [-0.39, 0.29) is 23.7 Å². The number of carbonyl (C=O) groups is 2. The molecule has 0 aromatic heterocycles. The maximum atomic E-state index is 12.2. The summed E-state index contributed by atoms with van der Waals surface area (Å²) in [4.78, 5) is 24.3. The molecule has 5 nitrogen and oxygen atoms in total. The van der Waals surface area contributed by atoms with Crippen LogP contribution in [0.2, 0.25) is 0 Å².